The van der Waals surface area contributed by atoms with Gasteiger partial charge in [-0.3, -0.25) is 9.59 Å². The number of aliphatic hydroxyl groups is 1. The molecule has 1 aromatic carbocycles. The van der Waals surface area contributed by atoms with Crippen LogP contribution in [-0.2, 0) is 4.79 Å². The highest BCUT2D eigenvalue weighted by molar-refractivity contribution is 5.98. The number of β-amino-alcohol motifs (C(OH)–C–C–N with tert-alkyl or cyclic N) is 1. The molecule has 1 aromatic rings. The molecule has 0 saturated carbocycles. The summed E-state index contributed by atoms with van der Waals surface area (Å²) in [6, 6.07) is 3.89. The minimum absolute atomic E-state index is 0.0965. The fraction of sp³-hybridized carbons (Fsp3) is 0.529. The van der Waals surface area contributed by atoms with E-state index in [2.05, 4.69) is 16.0 Å². The van der Waals surface area contributed by atoms with Gasteiger partial charge in [0.05, 0.1) is 11.7 Å². The second kappa shape index (κ2) is 7.27. The van der Waals surface area contributed by atoms with E-state index in [0.717, 1.165) is 6.07 Å². The summed E-state index contributed by atoms with van der Waals surface area (Å²) >= 11 is 0. The summed E-state index contributed by atoms with van der Waals surface area (Å²) in [5.41, 5.74) is -0.367. The smallest absolute Gasteiger partial charge is 0.254 e. The molecule has 2 amide bonds. The normalized spacial score (nSPS) is 20.7. The van der Waals surface area contributed by atoms with Crippen molar-refractivity contribution in [2.75, 3.05) is 25.0 Å². The van der Waals surface area contributed by atoms with Crippen LogP contribution in [0.15, 0.2) is 18.2 Å². The highest BCUT2D eigenvalue weighted by Gasteiger charge is 2.26. The van der Waals surface area contributed by atoms with Crippen LogP contribution in [0.2, 0.25) is 0 Å². The molecule has 0 aromatic heterocycles. The lowest BCUT2D eigenvalue weighted by Gasteiger charge is -2.18. The van der Waals surface area contributed by atoms with Crippen molar-refractivity contribution in [1.29, 1.82) is 0 Å². The monoisotopic (exact) mass is 337 g/mol. The number of aliphatic hydroxyl groups excluding tert-OH is 1. The first-order chi connectivity index (χ1) is 11.2. The lowest BCUT2D eigenvalue weighted by Crippen LogP contribution is -2.34. The number of carbonyl (C=O) groups is 2. The van der Waals surface area contributed by atoms with Gasteiger partial charge in [0.1, 0.15) is 5.82 Å². The van der Waals surface area contributed by atoms with Crippen molar-refractivity contribution >= 4 is 17.5 Å². The molecule has 0 bridgehead atoms. The first-order valence-corrected chi connectivity index (χ1v) is 7.96. The molecule has 7 heteroatoms. The summed E-state index contributed by atoms with van der Waals surface area (Å²) in [4.78, 5) is 24.2. The zero-order valence-corrected chi connectivity index (χ0v) is 14.1. The molecule has 2 unspecified atom stereocenters. The van der Waals surface area contributed by atoms with E-state index >= 15 is 0 Å². The minimum atomic E-state index is -0.661. The summed E-state index contributed by atoms with van der Waals surface area (Å²) < 4.78 is 13.9. The molecule has 6 nitrogen and oxygen atoms in total. The first-order valence-electron chi connectivity index (χ1n) is 7.96. The Kier molecular flexibility index (Phi) is 5.56. The van der Waals surface area contributed by atoms with Crippen molar-refractivity contribution in [2.24, 2.45) is 11.3 Å². The average Bonchev–Trinajstić information content (AvgIpc) is 2.91. The number of rotatable bonds is 4. The Morgan fingerprint density at radius 1 is 1.33 bits per heavy atom. The molecule has 1 aliphatic rings. The first kappa shape index (κ1) is 18.4. The van der Waals surface area contributed by atoms with Crippen molar-refractivity contribution in [1.82, 2.24) is 10.6 Å². The highest BCUT2D eigenvalue weighted by atomic mass is 19.1. The minimum Gasteiger partial charge on any atom is -0.391 e. The Morgan fingerprint density at radius 2 is 2.04 bits per heavy atom. The van der Waals surface area contributed by atoms with Crippen LogP contribution in [0.3, 0.4) is 0 Å². The number of benzene rings is 1. The van der Waals surface area contributed by atoms with Gasteiger partial charge in [-0.15, -0.1) is 0 Å². The van der Waals surface area contributed by atoms with Crippen LogP contribution >= 0.6 is 0 Å². The van der Waals surface area contributed by atoms with Gasteiger partial charge >= 0.3 is 0 Å². The van der Waals surface area contributed by atoms with Gasteiger partial charge < -0.3 is 21.1 Å². The summed E-state index contributed by atoms with van der Waals surface area (Å²) in [6.07, 6.45) is -0.521. The largest absolute Gasteiger partial charge is 0.391 e. The van der Waals surface area contributed by atoms with Gasteiger partial charge in [0.2, 0.25) is 5.91 Å². The number of anilines is 1. The third kappa shape index (κ3) is 4.52. The van der Waals surface area contributed by atoms with Crippen molar-refractivity contribution in [3.8, 4) is 0 Å². The molecule has 0 aliphatic carbocycles. The summed E-state index contributed by atoms with van der Waals surface area (Å²) in [7, 11) is 0. The molecular weight excluding hydrogens is 313 g/mol. The third-order valence-corrected chi connectivity index (χ3v) is 3.98. The van der Waals surface area contributed by atoms with E-state index in [1.807, 2.05) is 0 Å². The Labute approximate surface area is 140 Å². The number of hydrogen-bond donors (Lipinski definition) is 4. The van der Waals surface area contributed by atoms with Crippen LogP contribution in [0, 0.1) is 17.2 Å². The van der Waals surface area contributed by atoms with Crippen LogP contribution in [0.5, 0.6) is 0 Å². The van der Waals surface area contributed by atoms with Gasteiger partial charge in [-0.25, -0.2) is 4.39 Å². The van der Waals surface area contributed by atoms with E-state index < -0.39 is 23.2 Å². The Morgan fingerprint density at radius 3 is 2.62 bits per heavy atom. The Hall–Kier alpha value is -1.99. The molecular formula is C17H24FN3O3. The van der Waals surface area contributed by atoms with Crippen LogP contribution in [-0.4, -0.2) is 42.7 Å². The molecule has 2 rings (SSSR count). The second-order valence-electron chi connectivity index (χ2n) is 7.09. The topological polar surface area (TPSA) is 90.5 Å². The number of hydrogen-bond acceptors (Lipinski definition) is 4. The quantitative estimate of drug-likeness (QED) is 0.663. The van der Waals surface area contributed by atoms with E-state index in [1.54, 1.807) is 20.8 Å². The molecule has 1 heterocycles. The summed E-state index contributed by atoms with van der Waals surface area (Å²) in [5, 5.41) is 18.0. The lowest BCUT2D eigenvalue weighted by molar-refractivity contribution is -0.123. The van der Waals surface area contributed by atoms with Crippen molar-refractivity contribution in [2.45, 2.75) is 26.9 Å². The van der Waals surface area contributed by atoms with Crippen LogP contribution < -0.4 is 16.0 Å². The highest BCUT2D eigenvalue weighted by Crippen LogP contribution is 2.20. The Balaban J connectivity index is 2.04. The van der Waals surface area contributed by atoms with Crippen molar-refractivity contribution < 1.29 is 19.1 Å². The molecule has 0 radical (unpaired) electrons. The summed E-state index contributed by atoms with van der Waals surface area (Å²) in [5.74, 6) is -1.55. The Bertz CT molecular complexity index is 628. The SMILES string of the molecule is CC(C)(C)C(=O)Nc1ccc(F)c(C(=O)NCC2CNCC2O)c1. The van der Waals surface area contributed by atoms with Gasteiger partial charge in [-0.1, -0.05) is 20.8 Å². The third-order valence-electron chi connectivity index (χ3n) is 3.98. The number of nitrogens with one attached hydrogen (secondary N) is 3. The van der Waals surface area contributed by atoms with Gasteiger partial charge in [-0.05, 0) is 18.2 Å². The van der Waals surface area contributed by atoms with E-state index in [-0.39, 0.29) is 23.9 Å². The van der Waals surface area contributed by atoms with Gasteiger partial charge in [0, 0.05) is 36.7 Å². The average molecular weight is 337 g/mol. The molecule has 1 fully saturated rings. The number of halogens is 1. The molecule has 24 heavy (non-hydrogen) atoms. The van der Waals surface area contributed by atoms with Crippen molar-refractivity contribution in [3.63, 3.8) is 0 Å². The number of amides is 2. The zero-order chi connectivity index (χ0) is 17.9. The van der Waals surface area contributed by atoms with Crippen molar-refractivity contribution in [3.05, 3.63) is 29.6 Å². The maximum Gasteiger partial charge on any atom is 0.254 e. The van der Waals surface area contributed by atoms with Gasteiger partial charge in [0.25, 0.3) is 5.91 Å². The van der Waals surface area contributed by atoms with Crippen LogP contribution in [0.4, 0.5) is 10.1 Å². The fourth-order valence-corrected chi connectivity index (χ4v) is 2.34. The van der Waals surface area contributed by atoms with E-state index in [1.165, 1.54) is 12.1 Å². The fourth-order valence-electron chi connectivity index (χ4n) is 2.34. The van der Waals surface area contributed by atoms with Crippen LogP contribution in [0.1, 0.15) is 31.1 Å². The maximum absolute atomic E-state index is 13.9. The van der Waals surface area contributed by atoms with Crippen LogP contribution in [0.25, 0.3) is 0 Å². The van der Waals surface area contributed by atoms with Gasteiger partial charge in [-0.2, -0.15) is 0 Å². The van der Waals surface area contributed by atoms with E-state index in [4.69, 9.17) is 0 Å². The predicted octanol–water partition coefficient (Wildman–Crippen LogP) is 1.12. The number of carbonyl (C=O) groups excluding carboxylic acids is 2. The molecule has 132 valence electrons. The molecule has 2 atom stereocenters. The van der Waals surface area contributed by atoms with E-state index in [0.29, 0.717) is 18.8 Å². The maximum atomic E-state index is 13.9. The zero-order valence-electron chi connectivity index (χ0n) is 14.1. The molecule has 4 N–H and O–H groups in total. The summed E-state index contributed by atoms with van der Waals surface area (Å²) in [6.45, 7) is 6.64. The molecule has 1 aliphatic heterocycles. The predicted molar refractivity (Wildman–Crippen MR) is 89.2 cm³/mol. The lowest BCUT2D eigenvalue weighted by atomic mass is 9.95. The van der Waals surface area contributed by atoms with Gasteiger partial charge in [0.15, 0.2) is 0 Å². The standard InChI is InChI=1S/C17H24FN3O3/c1-17(2,3)16(24)21-11-4-5-13(18)12(6-11)15(23)20-8-10-7-19-9-14(10)22/h4-6,10,14,19,22H,7-9H2,1-3H3,(H,20,23)(H,21,24). The molecule has 1 saturated heterocycles. The second-order valence-corrected chi connectivity index (χ2v) is 7.09. The molecule has 0 spiro atoms. The van der Waals surface area contributed by atoms with E-state index in [9.17, 15) is 19.1 Å².